The first kappa shape index (κ1) is 42.0. The highest BCUT2D eigenvalue weighted by molar-refractivity contribution is 6.12. The molecule has 1 heterocycles. The maximum atomic E-state index is 8.00. The first-order chi connectivity index (χ1) is 22.5. The monoisotopic (exact) mass is 622 g/mol. The van der Waals surface area contributed by atoms with Gasteiger partial charge in [0, 0.05) is 24.5 Å². The van der Waals surface area contributed by atoms with Crippen LogP contribution in [0.15, 0.2) is 126 Å². The van der Waals surface area contributed by atoms with Crippen molar-refractivity contribution in [2.45, 2.75) is 99.3 Å². The van der Waals surface area contributed by atoms with Gasteiger partial charge in [0.2, 0.25) is 0 Å². The molecule has 0 bridgehead atoms. The van der Waals surface area contributed by atoms with Gasteiger partial charge >= 0.3 is 0 Å². The van der Waals surface area contributed by atoms with E-state index in [2.05, 4.69) is 138 Å². The third-order valence-corrected chi connectivity index (χ3v) is 8.21. The van der Waals surface area contributed by atoms with Crippen LogP contribution in [0.3, 0.4) is 0 Å². The summed E-state index contributed by atoms with van der Waals surface area (Å²) in [6, 6.07) is 19.9. The minimum Gasteiger partial charge on any atom is -0.332 e. The maximum absolute atomic E-state index is 8.00. The second-order valence-electron chi connectivity index (χ2n) is 10.9. The van der Waals surface area contributed by atoms with Crippen LogP contribution in [-0.4, -0.2) is 25.0 Å². The lowest BCUT2D eigenvalue weighted by Gasteiger charge is -2.36. The van der Waals surface area contributed by atoms with Crippen LogP contribution in [0.5, 0.6) is 0 Å². The Morgan fingerprint density at radius 2 is 1.48 bits per heavy atom. The van der Waals surface area contributed by atoms with Crippen molar-refractivity contribution in [3.8, 4) is 0 Å². The Kier molecular flexibility index (Phi) is 24.0. The summed E-state index contributed by atoms with van der Waals surface area (Å²) in [5.74, 6) is 1.63. The lowest BCUT2D eigenvalue weighted by Crippen LogP contribution is -2.28. The van der Waals surface area contributed by atoms with Crippen molar-refractivity contribution in [3.63, 3.8) is 0 Å². The van der Waals surface area contributed by atoms with Crippen molar-refractivity contribution in [2.75, 3.05) is 7.05 Å². The van der Waals surface area contributed by atoms with Crippen LogP contribution in [-0.2, 0) is 17.6 Å². The molecule has 4 rings (SSSR count). The van der Waals surface area contributed by atoms with Crippen LogP contribution in [0.25, 0.3) is 5.57 Å². The normalized spacial score (nSPS) is 15.6. The molecule has 1 saturated carbocycles. The summed E-state index contributed by atoms with van der Waals surface area (Å²) < 4.78 is 0. The number of hydrogen-bond donors (Lipinski definition) is 0. The molecule has 2 aromatic carbocycles. The van der Waals surface area contributed by atoms with E-state index in [0.717, 1.165) is 30.7 Å². The van der Waals surface area contributed by atoms with Gasteiger partial charge in [0.25, 0.3) is 0 Å². The topological polar surface area (TPSA) is 32.7 Å². The molecule has 250 valence electrons. The zero-order chi connectivity index (χ0) is 34.7. The molecule has 3 heteroatoms. The van der Waals surface area contributed by atoms with E-state index in [-0.39, 0.29) is 0 Å². The Balaban J connectivity index is 0.00000115. The predicted octanol–water partition coefficient (Wildman–Crippen LogP) is 12.1. The number of benzene rings is 2. The highest BCUT2D eigenvalue weighted by Crippen LogP contribution is 2.39. The number of hydrogen-bond acceptors (Lipinski definition) is 3. The smallest absolute Gasteiger partial charge is 0.135 e. The van der Waals surface area contributed by atoms with Crippen LogP contribution < -0.4 is 0 Å². The van der Waals surface area contributed by atoms with Gasteiger partial charge in [0.15, 0.2) is 0 Å². The van der Waals surface area contributed by atoms with Crippen molar-refractivity contribution < 1.29 is 4.79 Å². The fourth-order valence-corrected chi connectivity index (χ4v) is 5.64. The molecule has 2 aromatic rings. The molecule has 0 radical (unpaired) electrons. The van der Waals surface area contributed by atoms with Crippen LogP contribution >= 0.6 is 0 Å². The molecule has 46 heavy (non-hydrogen) atoms. The highest BCUT2D eigenvalue weighted by Gasteiger charge is 2.28. The summed E-state index contributed by atoms with van der Waals surface area (Å²) in [5, 5.41) is 0. The molecule has 0 spiro atoms. The van der Waals surface area contributed by atoms with Gasteiger partial charge in [0.05, 0.1) is 0 Å². The molecule has 0 unspecified atom stereocenters. The van der Waals surface area contributed by atoms with Crippen LogP contribution in [0.2, 0.25) is 0 Å². The highest BCUT2D eigenvalue weighted by atomic mass is 16.1. The number of nitrogens with zero attached hydrogens (tertiary/aromatic N) is 2. The van der Waals surface area contributed by atoms with Gasteiger partial charge in [0.1, 0.15) is 12.6 Å². The largest absolute Gasteiger partial charge is 0.332 e. The molecule has 1 fully saturated rings. The van der Waals surface area contributed by atoms with Gasteiger partial charge in [-0.1, -0.05) is 131 Å². The molecular formula is C43H62N2O. The molecule has 0 atom stereocenters. The number of carbonyl (C=O) groups is 1. The van der Waals surface area contributed by atoms with E-state index >= 15 is 0 Å². The molecular weight excluding hydrogens is 560 g/mol. The van der Waals surface area contributed by atoms with Gasteiger partial charge in [-0.3, -0.25) is 0 Å². The molecule has 1 aliphatic carbocycles. The summed E-state index contributed by atoms with van der Waals surface area (Å²) in [7, 11) is 2.18. The second kappa shape index (κ2) is 26.3. The first-order valence-corrected chi connectivity index (χ1v) is 17.0. The number of rotatable bonds is 9. The van der Waals surface area contributed by atoms with Gasteiger partial charge < -0.3 is 9.69 Å². The van der Waals surface area contributed by atoms with E-state index in [9.17, 15) is 0 Å². The maximum Gasteiger partial charge on any atom is 0.135 e. The van der Waals surface area contributed by atoms with E-state index in [4.69, 9.17) is 9.79 Å². The number of aliphatic imine (C=N–C) groups is 1. The summed E-state index contributed by atoms with van der Waals surface area (Å²) >= 11 is 0. The second-order valence-corrected chi connectivity index (χ2v) is 10.9. The minimum atomic E-state index is 0.603. The van der Waals surface area contributed by atoms with E-state index in [1.165, 1.54) is 72.1 Å². The Morgan fingerprint density at radius 3 is 1.98 bits per heavy atom. The molecule has 0 saturated heterocycles. The zero-order valence-electron chi connectivity index (χ0n) is 30.2. The van der Waals surface area contributed by atoms with Crippen molar-refractivity contribution in [3.05, 3.63) is 138 Å². The first-order valence-electron chi connectivity index (χ1n) is 17.0. The van der Waals surface area contributed by atoms with Crippen molar-refractivity contribution in [1.82, 2.24) is 4.90 Å². The van der Waals surface area contributed by atoms with Gasteiger partial charge in [-0.05, 0) is 87.5 Å². The van der Waals surface area contributed by atoms with E-state index in [1.54, 1.807) is 0 Å². The Labute approximate surface area is 282 Å². The Bertz CT molecular complexity index is 1250. The number of carbonyl (C=O) groups excluding carboxylic acids is 1. The van der Waals surface area contributed by atoms with E-state index < -0.39 is 0 Å². The third-order valence-electron chi connectivity index (χ3n) is 8.21. The molecule has 0 amide bonds. The molecule has 3 nitrogen and oxygen atoms in total. The number of aryl methyl sites for hydroxylation is 2. The minimum absolute atomic E-state index is 0.603. The summed E-state index contributed by atoms with van der Waals surface area (Å²) in [6.07, 6.45) is 21.5. The molecule has 0 aromatic heterocycles. The van der Waals surface area contributed by atoms with Crippen LogP contribution in [0.1, 0.15) is 103 Å². The van der Waals surface area contributed by atoms with Crippen molar-refractivity contribution >= 4 is 18.6 Å². The summed E-state index contributed by atoms with van der Waals surface area (Å²) in [6.45, 7) is 24.4. The zero-order valence-corrected chi connectivity index (χ0v) is 30.2. The Morgan fingerprint density at radius 1 is 0.913 bits per heavy atom. The van der Waals surface area contributed by atoms with Crippen LogP contribution in [0.4, 0.5) is 0 Å². The molecule has 2 aliphatic rings. The quantitative estimate of drug-likeness (QED) is 0.261. The Hall–Kier alpha value is -3.98. The lowest BCUT2D eigenvalue weighted by atomic mass is 9.83. The standard InChI is InChI=1S/C29H34N2.C9H16.C2H6.C2H4.CH2O/c1-4-22(2)29-30-21-27(28(31(29)3)26-13-9-6-10-14-26)25-19-17-24(18-20-25)16-15-23-11-7-5-8-12-23;1-4-7-8-9(5-2)6-3;3*1-2/h4-5,7-8,11-12,17-21,26H,1,6,9-10,13-16H2,2-3H3;4-5,7H,6,8H2,1-3H3;1-2H3;1-2H2;1H2/b29-22-;7-4-,9-5-;;;. The fourth-order valence-electron chi connectivity index (χ4n) is 5.64. The van der Waals surface area contributed by atoms with Crippen LogP contribution in [0, 0.1) is 5.92 Å². The van der Waals surface area contributed by atoms with E-state index in [0.29, 0.717) is 5.92 Å². The number of allylic oxidation sites excluding steroid dienone is 8. The molecule has 1 aliphatic heterocycles. The fraction of sp³-hybridized carbons (Fsp3) is 0.395. The summed E-state index contributed by atoms with van der Waals surface area (Å²) in [5.41, 5.74) is 9.42. The average Bonchev–Trinajstić information content (AvgIpc) is 3.14. The van der Waals surface area contributed by atoms with E-state index in [1.807, 2.05) is 26.7 Å². The molecule has 0 N–H and O–H groups in total. The average molecular weight is 623 g/mol. The predicted molar refractivity (Wildman–Crippen MR) is 206 cm³/mol. The van der Waals surface area contributed by atoms with Crippen molar-refractivity contribution in [2.24, 2.45) is 10.9 Å². The summed E-state index contributed by atoms with van der Waals surface area (Å²) in [4.78, 5) is 15.2. The SMILES string of the molecule is C/C=C\C/C(=C\C)CC.C=C.C=C/C(C)=C1/N=CC(c2ccc(CCc3ccccc3)cc2)=C(C2CCCCC2)N1C.C=O.CC. The third kappa shape index (κ3) is 14.0. The van der Waals surface area contributed by atoms with Gasteiger partial charge in [-0.15, -0.1) is 13.2 Å². The lowest BCUT2D eigenvalue weighted by molar-refractivity contribution is -0.0980. The van der Waals surface area contributed by atoms with Crippen molar-refractivity contribution in [1.29, 1.82) is 0 Å². The van der Waals surface area contributed by atoms with Gasteiger partial charge in [-0.25, -0.2) is 4.99 Å². The van der Waals surface area contributed by atoms with Gasteiger partial charge in [-0.2, -0.15) is 0 Å².